The number of hydrogen-bond donors (Lipinski definition) is 0. The number of furan rings is 1. The number of benzene rings is 8. The molecule has 2 aromatic heterocycles. The maximum absolute atomic E-state index is 6.43. The third-order valence-corrected chi connectivity index (χ3v) is 9.98. The van der Waals surface area contributed by atoms with Crippen LogP contribution >= 0.6 is 0 Å². The molecule has 0 fully saturated rings. The Kier molecular flexibility index (Phi) is 7.43. The Labute approximate surface area is 306 Å². The van der Waals surface area contributed by atoms with E-state index in [4.69, 9.17) is 19.4 Å². The lowest BCUT2D eigenvalue weighted by atomic mass is 9.93. The summed E-state index contributed by atoms with van der Waals surface area (Å²) in [7, 11) is 0. The molecule has 4 heteroatoms. The largest absolute Gasteiger partial charge is 0.455 e. The van der Waals surface area contributed by atoms with Crippen molar-refractivity contribution < 1.29 is 4.42 Å². The molecule has 0 aliphatic heterocycles. The lowest BCUT2D eigenvalue weighted by molar-refractivity contribution is 0.669. The monoisotopic (exact) mass is 677 g/mol. The SMILES string of the molecule is c1ccc(-c2cccc(-c3ccc(-c4ccc(-c5nc(-c6ccccc6)nc(-c6cccc7c6oc6ccccc67)n5)c5ccccc45)cc3)c2)cc1. The molecule has 0 atom stereocenters. The molecule has 10 aromatic rings. The Morgan fingerprint density at radius 2 is 0.774 bits per heavy atom. The number of fused-ring (bicyclic) bond motifs is 4. The van der Waals surface area contributed by atoms with Gasteiger partial charge in [0.05, 0.1) is 5.56 Å². The second-order valence-electron chi connectivity index (χ2n) is 13.2. The molecule has 0 bridgehead atoms. The van der Waals surface area contributed by atoms with E-state index >= 15 is 0 Å². The van der Waals surface area contributed by atoms with Gasteiger partial charge in [0.1, 0.15) is 11.2 Å². The van der Waals surface area contributed by atoms with E-state index in [0.29, 0.717) is 17.5 Å². The summed E-state index contributed by atoms with van der Waals surface area (Å²) in [6.07, 6.45) is 0. The van der Waals surface area contributed by atoms with Gasteiger partial charge in [0, 0.05) is 21.9 Å². The average molecular weight is 678 g/mol. The summed E-state index contributed by atoms with van der Waals surface area (Å²) < 4.78 is 6.43. The van der Waals surface area contributed by atoms with Crippen LogP contribution in [-0.4, -0.2) is 15.0 Å². The molecular formula is C49H31N3O. The highest BCUT2D eigenvalue weighted by atomic mass is 16.3. The van der Waals surface area contributed by atoms with Crippen molar-refractivity contribution >= 4 is 32.7 Å². The molecule has 0 saturated carbocycles. The zero-order valence-electron chi connectivity index (χ0n) is 28.6. The van der Waals surface area contributed by atoms with Crippen LogP contribution < -0.4 is 0 Å². The van der Waals surface area contributed by atoms with E-state index in [1.54, 1.807) is 0 Å². The van der Waals surface area contributed by atoms with Crippen LogP contribution in [0.1, 0.15) is 0 Å². The number of aromatic nitrogens is 3. The van der Waals surface area contributed by atoms with Gasteiger partial charge in [-0.15, -0.1) is 0 Å². The van der Waals surface area contributed by atoms with Gasteiger partial charge in [0.15, 0.2) is 17.5 Å². The van der Waals surface area contributed by atoms with E-state index in [9.17, 15) is 0 Å². The number of para-hydroxylation sites is 2. The zero-order chi connectivity index (χ0) is 35.1. The fourth-order valence-electron chi connectivity index (χ4n) is 7.35. The minimum Gasteiger partial charge on any atom is -0.455 e. The molecule has 10 rings (SSSR count). The topological polar surface area (TPSA) is 51.8 Å². The first-order valence-electron chi connectivity index (χ1n) is 17.8. The third kappa shape index (κ3) is 5.54. The van der Waals surface area contributed by atoms with Gasteiger partial charge in [0.2, 0.25) is 0 Å². The summed E-state index contributed by atoms with van der Waals surface area (Å²) in [4.78, 5) is 15.3. The summed E-state index contributed by atoms with van der Waals surface area (Å²) in [6, 6.07) is 65.3. The van der Waals surface area contributed by atoms with Crippen molar-refractivity contribution in [1.82, 2.24) is 15.0 Å². The van der Waals surface area contributed by atoms with Crippen LogP contribution in [0.25, 0.3) is 100 Å². The van der Waals surface area contributed by atoms with E-state index in [1.807, 2.05) is 60.7 Å². The Bertz CT molecular complexity index is 2930. The van der Waals surface area contributed by atoms with Crippen molar-refractivity contribution in [2.45, 2.75) is 0 Å². The lowest BCUT2D eigenvalue weighted by Crippen LogP contribution is -2.01. The molecular weight excluding hydrogens is 647 g/mol. The molecule has 0 N–H and O–H groups in total. The summed E-state index contributed by atoms with van der Waals surface area (Å²) in [5.74, 6) is 1.79. The van der Waals surface area contributed by atoms with Gasteiger partial charge in [0.25, 0.3) is 0 Å². The Balaban J connectivity index is 1.09. The summed E-state index contributed by atoms with van der Waals surface area (Å²) in [6.45, 7) is 0. The standard InChI is InChI=1S/C49H31N3O/c1-3-13-32(14-4-1)36-17-11-18-37(31-36)33-25-27-34(28-26-33)38-29-30-43(40-20-8-7-19-39(38)40)48-50-47(35-15-5-2-6-16-35)51-49(52-48)44-23-12-22-42-41-21-9-10-24-45(41)53-46(42)44/h1-31H. The maximum atomic E-state index is 6.43. The van der Waals surface area contributed by atoms with Crippen molar-refractivity contribution in [3.63, 3.8) is 0 Å². The zero-order valence-corrected chi connectivity index (χ0v) is 28.6. The van der Waals surface area contributed by atoms with Crippen LogP contribution in [0, 0.1) is 0 Å². The fourth-order valence-corrected chi connectivity index (χ4v) is 7.35. The van der Waals surface area contributed by atoms with Crippen molar-refractivity contribution in [2.24, 2.45) is 0 Å². The van der Waals surface area contributed by atoms with E-state index in [1.165, 1.54) is 22.3 Å². The molecule has 0 aliphatic carbocycles. The highest BCUT2D eigenvalue weighted by Gasteiger charge is 2.19. The molecule has 8 aromatic carbocycles. The second kappa shape index (κ2) is 12.9. The fraction of sp³-hybridized carbons (Fsp3) is 0. The third-order valence-electron chi connectivity index (χ3n) is 9.98. The Morgan fingerprint density at radius 1 is 0.283 bits per heavy atom. The van der Waals surface area contributed by atoms with Crippen molar-refractivity contribution in [1.29, 1.82) is 0 Å². The Hall–Kier alpha value is -7.17. The minimum absolute atomic E-state index is 0.568. The van der Waals surface area contributed by atoms with Gasteiger partial charge in [-0.3, -0.25) is 0 Å². The van der Waals surface area contributed by atoms with Crippen LogP contribution in [0.2, 0.25) is 0 Å². The number of rotatable bonds is 6. The van der Waals surface area contributed by atoms with Crippen molar-refractivity contribution in [3.8, 4) is 67.5 Å². The second-order valence-corrected chi connectivity index (χ2v) is 13.2. The molecule has 53 heavy (non-hydrogen) atoms. The average Bonchev–Trinajstić information content (AvgIpc) is 3.63. The number of nitrogens with zero attached hydrogens (tertiary/aromatic N) is 3. The van der Waals surface area contributed by atoms with Crippen LogP contribution in [0.4, 0.5) is 0 Å². The van der Waals surface area contributed by atoms with E-state index in [-0.39, 0.29) is 0 Å². The van der Waals surface area contributed by atoms with Crippen LogP contribution in [0.3, 0.4) is 0 Å². The maximum Gasteiger partial charge on any atom is 0.167 e. The molecule has 0 radical (unpaired) electrons. The predicted octanol–water partition coefficient (Wildman–Crippen LogP) is 12.9. The quantitative estimate of drug-likeness (QED) is 0.176. The van der Waals surface area contributed by atoms with E-state index in [2.05, 4.69) is 127 Å². The van der Waals surface area contributed by atoms with Gasteiger partial charge in [-0.1, -0.05) is 164 Å². The molecule has 0 saturated heterocycles. The van der Waals surface area contributed by atoms with E-state index in [0.717, 1.165) is 60.5 Å². The molecule has 4 nitrogen and oxygen atoms in total. The van der Waals surface area contributed by atoms with Crippen LogP contribution in [0.15, 0.2) is 192 Å². The first kappa shape index (κ1) is 30.6. The molecule has 2 heterocycles. The van der Waals surface area contributed by atoms with E-state index < -0.39 is 0 Å². The molecule has 0 aliphatic rings. The van der Waals surface area contributed by atoms with Crippen molar-refractivity contribution in [3.05, 3.63) is 188 Å². The van der Waals surface area contributed by atoms with Gasteiger partial charge in [-0.25, -0.2) is 15.0 Å². The van der Waals surface area contributed by atoms with Gasteiger partial charge >= 0.3 is 0 Å². The summed E-state index contributed by atoms with van der Waals surface area (Å²) in [5, 5.41) is 4.30. The first-order valence-corrected chi connectivity index (χ1v) is 17.8. The predicted molar refractivity (Wildman–Crippen MR) is 217 cm³/mol. The van der Waals surface area contributed by atoms with Crippen LogP contribution in [0.5, 0.6) is 0 Å². The van der Waals surface area contributed by atoms with Gasteiger partial charge in [-0.05, 0) is 68.4 Å². The molecule has 248 valence electrons. The van der Waals surface area contributed by atoms with Crippen molar-refractivity contribution in [2.75, 3.05) is 0 Å². The highest BCUT2D eigenvalue weighted by Crippen LogP contribution is 2.39. The normalized spacial score (nSPS) is 11.4. The highest BCUT2D eigenvalue weighted by molar-refractivity contribution is 6.09. The number of hydrogen-bond acceptors (Lipinski definition) is 4. The smallest absolute Gasteiger partial charge is 0.167 e. The first-order chi connectivity index (χ1) is 26.3. The minimum atomic E-state index is 0.568. The van der Waals surface area contributed by atoms with Gasteiger partial charge in [-0.2, -0.15) is 0 Å². The Morgan fingerprint density at radius 3 is 1.51 bits per heavy atom. The van der Waals surface area contributed by atoms with Crippen LogP contribution in [-0.2, 0) is 0 Å². The summed E-state index contributed by atoms with van der Waals surface area (Å²) >= 11 is 0. The molecule has 0 unspecified atom stereocenters. The van der Waals surface area contributed by atoms with Gasteiger partial charge < -0.3 is 4.42 Å². The summed E-state index contributed by atoms with van der Waals surface area (Å²) in [5.41, 5.74) is 11.4. The molecule has 0 spiro atoms. The lowest BCUT2D eigenvalue weighted by Gasteiger charge is -2.13. The molecule has 0 amide bonds.